The summed E-state index contributed by atoms with van der Waals surface area (Å²) >= 11 is 0. The molecule has 144 valence electrons. The van der Waals surface area contributed by atoms with Crippen LogP contribution in [0.25, 0.3) is 11.6 Å². The highest BCUT2D eigenvalue weighted by Gasteiger charge is 2.36. The molecule has 0 bridgehead atoms. The number of ether oxygens (including phenoxy) is 1. The Labute approximate surface area is 168 Å². The van der Waals surface area contributed by atoms with E-state index in [0.717, 1.165) is 5.56 Å². The van der Waals surface area contributed by atoms with Crippen LogP contribution in [0.1, 0.15) is 27.0 Å². The average molecular weight is 385 g/mol. The highest BCUT2D eigenvalue weighted by Crippen LogP contribution is 2.35. The molecule has 2 amide bonds. The van der Waals surface area contributed by atoms with Gasteiger partial charge in [-0.2, -0.15) is 0 Å². The molecule has 29 heavy (non-hydrogen) atoms. The Kier molecular flexibility index (Phi) is 4.64. The Hall–Kier alpha value is -3.86. The number of imide groups is 1. The normalized spacial score (nSPS) is 14.8. The van der Waals surface area contributed by atoms with E-state index in [0.29, 0.717) is 33.7 Å². The lowest BCUT2D eigenvalue weighted by Gasteiger charge is -2.29. The number of benzene rings is 3. The van der Waals surface area contributed by atoms with Crippen molar-refractivity contribution >= 4 is 29.2 Å². The molecule has 1 aliphatic heterocycles. The maximum absolute atomic E-state index is 13.4. The van der Waals surface area contributed by atoms with Crippen molar-refractivity contribution in [2.45, 2.75) is 6.92 Å². The first kappa shape index (κ1) is 18.5. The van der Waals surface area contributed by atoms with Gasteiger partial charge in [-0.1, -0.05) is 42.5 Å². The smallest absolute Gasteiger partial charge is 0.265 e. The number of hydrogen-bond donors (Lipinski definition) is 1. The standard InChI is InChI=1S/C24H19NO4/c1-15-7-3-6-10-20(15)25-23(27)18-9-5-4-8-17(18)19(24(25)28)13-16-11-12-21(26)22(14-16)29-2/h3-14,26H,1-2H3/b19-13-. The van der Waals surface area contributed by atoms with E-state index in [1.807, 2.05) is 19.1 Å². The zero-order chi connectivity index (χ0) is 20.5. The molecule has 1 heterocycles. The van der Waals surface area contributed by atoms with E-state index in [1.165, 1.54) is 18.1 Å². The van der Waals surface area contributed by atoms with E-state index >= 15 is 0 Å². The van der Waals surface area contributed by atoms with E-state index < -0.39 is 5.91 Å². The van der Waals surface area contributed by atoms with E-state index in [9.17, 15) is 14.7 Å². The summed E-state index contributed by atoms with van der Waals surface area (Å²) in [5.41, 5.74) is 3.52. The number of anilines is 1. The van der Waals surface area contributed by atoms with Crippen LogP contribution < -0.4 is 9.64 Å². The van der Waals surface area contributed by atoms with Gasteiger partial charge in [0.25, 0.3) is 11.8 Å². The molecule has 0 aromatic heterocycles. The van der Waals surface area contributed by atoms with Gasteiger partial charge < -0.3 is 9.84 Å². The summed E-state index contributed by atoms with van der Waals surface area (Å²) in [6.45, 7) is 1.87. The van der Waals surface area contributed by atoms with Crippen LogP contribution in [0.4, 0.5) is 5.69 Å². The highest BCUT2D eigenvalue weighted by atomic mass is 16.5. The number of phenolic OH excluding ortho intramolecular Hbond substituents is 1. The SMILES string of the molecule is COc1cc(/C=C2\C(=O)N(c3ccccc3C)C(=O)c3ccccc32)ccc1O. The van der Waals surface area contributed by atoms with Crippen LogP contribution >= 0.6 is 0 Å². The molecule has 0 aliphatic carbocycles. The molecular formula is C24H19NO4. The summed E-state index contributed by atoms with van der Waals surface area (Å²) in [4.78, 5) is 27.8. The number of nitrogens with zero attached hydrogens (tertiary/aromatic N) is 1. The molecule has 0 spiro atoms. The molecule has 0 saturated carbocycles. The summed E-state index contributed by atoms with van der Waals surface area (Å²) < 4.78 is 5.17. The second-order valence-corrected chi connectivity index (χ2v) is 6.77. The lowest BCUT2D eigenvalue weighted by Crippen LogP contribution is -2.42. The van der Waals surface area contributed by atoms with Gasteiger partial charge in [0.15, 0.2) is 11.5 Å². The van der Waals surface area contributed by atoms with Crippen LogP contribution in [0.3, 0.4) is 0 Å². The van der Waals surface area contributed by atoms with Gasteiger partial charge in [0, 0.05) is 11.1 Å². The lowest BCUT2D eigenvalue weighted by molar-refractivity contribution is -0.112. The van der Waals surface area contributed by atoms with E-state index in [4.69, 9.17) is 4.74 Å². The number of aryl methyl sites for hydroxylation is 1. The quantitative estimate of drug-likeness (QED) is 0.535. The molecule has 1 N–H and O–H groups in total. The second-order valence-electron chi connectivity index (χ2n) is 6.77. The van der Waals surface area contributed by atoms with Crippen LogP contribution in [0, 0.1) is 6.92 Å². The fraction of sp³-hybridized carbons (Fsp3) is 0.0833. The first-order valence-corrected chi connectivity index (χ1v) is 9.14. The molecular weight excluding hydrogens is 366 g/mol. The molecule has 0 fully saturated rings. The minimum Gasteiger partial charge on any atom is -0.504 e. The highest BCUT2D eigenvalue weighted by molar-refractivity contribution is 6.43. The molecule has 0 radical (unpaired) electrons. The number of para-hydroxylation sites is 1. The second kappa shape index (κ2) is 7.28. The van der Waals surface area contributed by atoms with Crippen molar-refractivity contribution in [1.82, 2.24) is 0 Å². The number of amides is 2. The molecule has 5 nitrogen and oxygen atoms in total. The van der Waals surface area contributed by atoms with Gasteiger partial charge in [-0.15, -0.1) is 0 Å². The minimum atomic E-state index is -0.393. The molecule has 1 aliphatic rings. The number of carbonyl (C=O) groups is 2. The summed E-state index contributed by atoms with van der Waals surface area (Å²) in [5, 5.41) is 9.84. The van der Waals surface area contributed by atoms with Crippen molar-refractivity contribution in [3.63, 3.8) is 0 Å². The predicted molar refractivity (Wildman–Crippen MR) is 112 cm³/mol. The fourth-order valence-corrected chi connectivity index (χ4v) is 3.48. The predicted octanol–water partition coefficient (Wildman–Crippen LogP) is 4.44. The number of aromatic hydroxyl groups is 1. The van der Waals surface area contributed by atoms with Gasteiger partial charge in [-0.25, -0.2) is 4.90 Å². The lowest BCUT2D eigenvalue weighted by atomic mass is 9.91. The fourth-order valence-electron chi connectivity index (χ4n) is 3.48. The molecule has 3 aromatic rings. The third kappa shape index (κ3) is 3.17. The summed E-state index contributed by atoms with van der Waals surface area (Å²) in [7, 11) is 1.46. The maximum atomic E-state index is 13.4. The summed E-state index contributed by atoms with van der Waals surface area (Å²) in [6.07, 6.45) is 1.71. The number of rotatable bonds is 3. The van der Waals surface area contributed by atoms with Crippen LogP contribution in [-0.4, -0.2) is 24.0 Å². The van der Waals surface area contributed by atoms with E-state index in [2.05, 4.69) is 0 Å². The zero-order valence-electron chi connectivity index (χ0n) is 16.0. The Bertz CT molecular complexity index is 1160. The number of carbonyl (C=O) groups excluding carboxylic acids is 2. The van der Waals surface area contributed by atoms with Crippen molar-refractivity contribution < 1.29 is 19.4 Å². The average Bonchev–Trinajstić information content (AvgIpc) is 2.73. The monoisotopic (exact) mass is 385 g/mol. The van der Waals surface area contributed by atoms with Gasteiger partial charge in [-0.3, -0.25) is 9.59 Å². The van der Waals surface area contributed by atoms with Crippen LogP contribution in [0.5, 0.6) is 11.5 Å². The molecule has 4 rings (SSSR count). The van der Waals surface area contributed by atoms with Gasteiger partial charge in [0.05, 0.1) is 12.8 Å². The van der Waals surface area contributed by atoms with Gasteiger partial charge >= 0.3 is 0 Å². The number of fused-ring (bicyclic) bond motifs is 1. The van der Waals surface area contributed by atoms with Gasteiger partial charge in [0.1, 0.15) is 0 Å². The number of methoxy groups -OCH3 is 1. The van der Waals surface area contributed by atoms with Crippen molar-refractivity contribution in [1.29, 1.82) is 0 Å². The van der Waals surface area contributed by atoms with Crippen LogP contribution in [-0.2, 0) is 4.79 Å². The molecule has 0 unspecified atom stereocenters. The van der Waals surface area contributed by atoms with E-state index in [-0.39, 0.29) is 11.7 Å². The summed E-state index contributed by atoms with van der Waals surface area (Å²) in [6, 6.07) is 19.2. The van der Waals surface area contributed by atoms with Crippen molar-refractivity contribution in [2.24, 2.45) is 0 Å². The summed E-state index contributed by atoms with van der Waals surface area (Å²) in [5.74, 6) is -0.417. The largest absolute Gasteiger partial charge is 0.504 e. The Morgan fingerprint density at radius 3 is 2.31 bits per heavy atom. The van der Waals surface area contributed by atoms with Crippen molar-refractivity contribution in [2.75, 3.05) is 12.0 Å². The first-order chi connectivity index (χ1) is 14.0. The number of hydrogen-bond acceptors (Lipinski definition) is 4. The van der Waals surface area contributed by atoms with Crippen molar-refractivity contribution in [3.8, 4) is 11.5 Å². The van der Waals surface area contributed by atoms with E-state index in [1.54, 1.807) is 54.6 Å². The van der Waals surface area contributed by atoms with Crippen molar-refractivity contribution in [3.05, 3.63) is 89.0 Å². The Morgan fingerprint density at radius 2 is 1.59 bits per heavy atom. The van der Waals surface area contributed by atoms with Gasteiger partial charge in [0.2, 0.25) is 0 Å². The Morgan fingerprint density at radius 1 is 0.897 bits per heavy atom. The first-order valence-electron chi connectivity index (χ1n) is 9.14. The van der Waals surface area contributed by atoms with Crippen LogP contribution in [0.15, 0.2) is 66.7 Å². The zero-order valence-corrected chi connectivity index (χ0v) is 16.0. The van der Waals surface area contributed by atoms with Crippen LogP contribution in [0.2, 0.25) is 0 Å². The number of phenols is 1. The third-order valence-electron chi connectivity index (χ3n) is 4.96. The Balaban J connectivity index is 1.91. The van der Waals surface area contributed by atoms with Gasteiger partial charge in [-0.05, 0) is 54.0 Å². The molecule has 3 aromatic carbocycles. The molecule has 0 atom stereocenters. The molecule has 0 saturated heterocycles. The maximum Gasteiger partial charge on any atom is 0.265 e. The molecule has 5 heteroatoms. The topological polar surface area (TPSA) is 66.8 Å². The third-order valence-corrected chi connectivity index (χ3v) is 4.96. The minimum absolute atomic E-state index is 0.0155.